The van der Waals surface area contributed by atoms with E-state index >= 15 is 0 Å². The Hall–Kier alpha value is -0.0100. The van der Waals surface area contributed by atoms with Crippen LogP contribution in [0.1, 0.15) is 39.0 Å². The highest BCUT2D eigenvalue weighted by Crippen LogP contribution is 2.29. The Bertz CT molecular complexity index is 195. The summed E-state index contributed by atoms with van der Waals surface area (Å²) in [4.78, 5) is 2.43. The normalized spacial score (nSPS) is 26.9. The first-order chi connectivity index (χ1) is 7.17. The van der Waals surface area contributed by atoms with E-state index < -0.39 is 0 Å². The summed E-state index contributed by atoms with van der Waals surface area (Å²) < 4.78 is 0. The first-order valence-electron chi connectivity index (χ1n) is 6.10. The molecule has 0 aromatic rings. The molecule has 0 radical (unpaired) electrons. The maximum Gasteiger partial charge on any atom is 0.0443 e. The Labute approximate surface area is 99.5 Å². The fraction of sp³-hybridized carbons (Fsp3) is 0.846. The average molecular weight is 230 g/mol. The summed E-state index contributed by atoms with van der Waals surface area (Å²) in [6, 6.07) is 0.757. The molecule has 0 aromatic heterocycles. The number of hydrogen-bond acceptors (Lipinski definition) is 1. The van der Waals surface area contributed by atoms with E-state index in [4.69, 9.17) is 11.6 Å². The van der Waals surface area contributed by atoms with Gasteiger partial charge in [0.25, 0.3) is 0 Å². The van der Waals surface area contributed by atoms with E-state index in [2.05, 4.69) is 25.5 Å². The first-order valence-corrected chi connectivity index (χ1v) is 6.63. The van der Waals surface area contributed by atoms with Gasteiger partial charge >= 0.3 is 0 Å². The van der Waals surface area contributed by atoms with Crippen LogP contribution in [-0.2, 0) is 0 Å². The molecule has 0 spiro atoms. The first kappa shape index (κ1) is 13.1. The molecular formula is C13H24ClN. The van der Waals surface area contributed by atoms with Crippen molar-refractivity contribution in [3.8, 4) is 0 Å². The van der Waals surface area contributed by atoms with Gasteiger partial charge in [-0.25, -0.2) is 0 Å². The van der Waals surface area contributed by atoms with Crippen LogP contribution in [0.25, 0.3) is 0 Å². The van der Waals surface area contributed by atoms with Crippen molar-refractivity contribution in [1.29, 1.82) is 0 Å². The second-order valence-corrected chi connectivity index (χ2v) is 5.15. The molecule has 1 aliphatic rings. The zero-order valence-electron chi connectivity index (χ0n) is 10.1. The molecule has 15 heavy (non-hydrogen) atoms. The van der Waals surface area contributed by atoms with Gasteiger partial charge in [0.05, 0.1) is 0 Å². The van der Waals surface area contributed by atoms with E-state index in [9.17, 15) is 0 Å². The van der Waals surface area contributed by atoms with Gasteiger partial charge in [0.15, 0.2) is 0 Å². The third kappa shape index (κ3) is 4.16. The minimum atomic E-state index is 0.592. The predicted molar refractivity (Wildman–Crippen MR) is 68.5 cm³/mol. The molecule has 0 aromatic carbocycles. The Morgan fingerprint density at radius 3 is 2.40 bits per heavy atom. The molecule has 0 heterocycles. The minimum absolute atomic E-state index is 0.592. The van der Waals surface area contributed by atoms with Crippen molar-refractivity contribution in [3.05, 3.63) is 12.2 Å². The van der Waals surface area contributed by atoms with Crippen LogP contribution in [0, 0.1) is 5.92 Å². The zero-order chi connectivity index (χ0) is 11.3. The quantitative estimate of drug-likeness (QED) is 0.514. The molecule has 1 rings (SSSR count). The fourth-order valence-electron chi connectivity index (χ4n) is 2.52. The summed E-state index contributed by atoms with van der Waals surface area (Å²) in [5.41, 5.74) is 1.14. The van der Waals surface area contributed by atoms with Crippen molar-refractivity contribution in [2.45, 2.75) is 45.1 Å². The highest BCUT2D eigenvalue weighted by Gasteiger charge is 2.22. The molecule has 1 nitrogen and oxygen atoms in total. The van der Waals surface area contributed by atoms with Crippen molar-refractivity contribution in [2.24, 2.45) is 5.92 Å². The predicted octanol–water partition coefficient (Wildman–Crippen LogP) is 3.68. The monoisotopic (exact) mass is 229 g/mol. The lowest BCUT2D eigenvalue weighted by molar-refractivity contribution is 0.174. The molecule has 0 amide bonds. The fourth-order valence-corrected chi connectivity index (χ4v) is 2.60. The third-order valence-corrected chi connectivity index (χ3v) is 4.06. The number of hydrogen-bond donors (Lipinski definition) is 0. The Balaban J connectivity index is 2.29. The van der Waals surface area contributed by atoms with Crippen molar-refractivity contribution in [1.82, 2.24) is 4.90 Å². The standard InChI is InChI=1S/C13H24ClN/c1-4-12-5-7-13(8-6-12)15(3)10-11(2)9-14/h12-13H,2,4-10H2,1,3H3. The number of rotatable bonds is 5. The van der Waals surface area contributed by atoms with Crippen LogP contribution in [0.5, 0.6) is 0 Å². The molecule has 1 saturated carbocycles. The van der Waals surface area contributed by atoms with Gasteiger partial charge in [-0.15, -0.1) is 11.6 Å². The SMILES string of the molecule is C=C(CCl)CN(C)C1CCC(CC)CC1. The lowest BCUT2D eigenvalue weighted by atomic mass is 9.84. The van der Waals surface area contributed by atoms with Gasteiger partial charge in [0.1, 0.15) is 0 Å². The van der Waals surface area contributed by atoms with Gasteiger partial charge in [-0.05, 0) is 44.2 Å². The Kier molecular flexibility index (Phi) is 5.70. The van der Waals surface area contributed by atoms with Gasteiger partial charge in [-0.3, -0.25) is 4.90 Å². The minimum Gasteiger partial charge on any atom is -0.299 e. The molecule has 0 unspecified atom stereocenters. The Morgan fingerprint density at radius 2 is 1.93 bits per heavy atom. The largest absolute Gasteiger partial charge is 0.299 e. The summed E-state index contributed by atoms with van der Waals surface area (Å²) in [6.07, 6.45) is 6.86. The van der Waals surface area contributed by atoms with Crippen LogP contribution in [-0.4, -0.2) is 30.4 Å². The highest BCUT2D eigenvalue weighted by atomic mass is 35.5. The van der Waals surface area contributed by atoms with Crippen LogP contribution in [0.4, 0.5) is 0 Å². The summed E-state index contributed by atoms with van der Waals surface area (Å²) >= 11 is 5.75. The van der Waals surface area contributed by atoms with Crippen LogP contribution in [0.3, 0.4) is 0 Å². The lowest BCUT2D eigenvalue weighted by Gasteiger charge is -2.34. The van der Waals surface area contributed by atoms with E-state index in [1.165, 1.54) is 32.1 Å². The van der Waals surface area contributed by atoms with E-state index in [1.807, 2.05) is 0 Å². The highest BCUT2D eigenvalue weighted by molar-refractivity contribution is 6.19. The summed E-state index contributed by atoms with van der Waals surface area (Å²) in [5, 5.41) is 0. The van der Waals surface area contributed by atoms with Gasteiger partial charge in [-0.1, -0.05) is 19.9 Å². The van der Waals surface area contributed by atoms with E-state index in [1.54, 1.807) is 0 Å². The van der Waals surface area contributed by atoms with E-state index in [0.29, 0.717) is 5.88 Å². The lowest BCUT2D eigenvalue weighted by Crippen LogP contribution is -2.36. The maximum atomic E-state index is 5.75. The average Bonchev–Trinajstić information content (AvgIpc) is 2.29. The van der Waals surface area contributed by atoms with Crippen LogP contribution in [0.15, 0.2) is 12.2 Å². The molecule has 0 atom stereocenters. The van der Waals surface area contributed by atoms with E-state index in [0.717, 1.165) is 24.1 Å². The van der Waals surface area contributed by atoms with E-state index in [-0.39, 0.29) is 0 Å². The molecule has 0 bridgehead atoms. The van der Waals surface area contributed by atoms with Crippen molar-refractivity contribution >= 4 is 11.6 Å². The maximum absolute atomic E-state index is 5.75. The third-order valence-electron chi connectivity index (χ3n) is 3.68. The molecule has 0 aliphatic heterocycles. The second-order valence-electron chi connectivity index (χ2n) is 4.88. The van der Waals surface area contributed by atoms with Crippen molar-refractivity contribution in [3.63, 3.8) is 0 Å². The summed E-state index contributed by atoms with van der Waals surface area (Å²) in [5.74, 6) is 1.57. The van der Waals surface area contributed by atoms with Crippen molar-refractivity contribution < 1.29 is 0 Å². The summed E-state index contributed by atoms with van der Waals surface area (Å²) in [7, 11) is 2.20. The van der Waals surface area contributed by atoms with Crippen LogP contribution >= 0.6 is 11.6 Å². The van der Waals surface area contributed by atoms with Crippen molar-refractivity contribution in [2.75, 3.05) is 19.5 Å². The smallest absolute Gasteiger partial charge is 0.0443 e. The second kappa shape index (κ2) is 6.55. The zero-order valence-corrected chi connectivity index (χ0v) is 10.9. The molecule has 0 saturated heterocycles. The summed E-state index contributed by atoms with van der Waals surface area (Å²) in [6.45, 7) is 7.24. The number of alkyl halides is 1. The molecule has 1 aliphatic carbocycles. The van der Waals surface area contributed by atoms with Gasteiger partial charge < -0.3 is 0 Å². The molecule has 1 fully saturated rings. The molecule has 88 valence electrons. The number of likely N-dealkylation sites (N-methyl/N-ethyl adjacent to an activating group) is 1. The van der Waals surface area contributed by atoms with Gasteiger partial charge in [0, 0.05) is 18.5 Å². The number of halogens is 1. The van der Waals surface area contributed by atoms with Gasteiger partial charge in [0.2, 0.25) is 0 Å². The van der Waals surface area contributed by atoms with Gasteiger partial charge in [-0.2, -0.15) is 0 Å². The van der Waals surface area contributed by atoms with Crippen LogP contribution in [0.2, 0.25) is 0 Å². The molecule has 2 heteroatoms. The topological polar surface area (TPSA) is 3.24 Å². The molecule has 0 N–H and O–H groups in total. The number of nitrogens with zero attached hydrogens (tertiary/aromatic N) is 1. The Morgan fingerprint density at radius 1 is 1.33 bits per heavy atom. The van der Waals surface area contributed by atoms with Crippen LogP contribution < -0.4 is 0 Å². The molecular weight excluding hydrogens is 206 g/mol.